The van der Waals surface area contributed by atoms with Crippen LogP contribution < -0.4 is 5.32 Å². The lowest BCUT2D eigenvalue weighted by Gasteiger charge is -2.15. The van der Waals surface area contributed by atoms with Crippen molar-refractivity contribution in [1.29, 1.82) is 0 Å². The van der Waals surface area contributed by atoms with Gasteiger partial charge < -0.3 is 5.32 Å². The number of alkyl halides is 3. The van der Waals surface area contributed by atoms with Crippen molar-refractivity contribution in [1.82, 2.24) is 19.9 Å². The molecule has 134 valence electrons. The molecule has 26 heavy (non-hydrogen) atoms. The summed E-state index contributed by atoms with van der Waals surface area (Å²) in [6.07, 6.45) is 0.0784. The number of fused-ring (bicyclic) bond motifs is 2. The first kappa shape index (κ1) is 15.8. The Kier molecular flexibility index (Phi) is 3.37. The Morgan fingerprint density at radius 2 is 1.88 bits per heavy atom. The molecule has 0 bridgehead atoms. The Morgan fingerprint density at radius 1 is 1.08 bits per heavy atom. The number of benzene rings is 1. The predicted molar refractivity (Wildman–Crippen MR) is 90.4 cm³/mol. The topological polar surface area (TPSA) is 42.2 Å². The summed E-state index contributed by atoms with van der Waals surface area (Å²) in [5.41, 5.74) is 2.09. The van der Waals surface area contributed by atoms with Crippen molar-refractivity contribution in [3.05, 3.63) is 53.0 Å². The van der Waals surface area contributed by atoms with Crippen molar-refractivity contribution in [2.75, 3.05) is 0 Å². The highest BCUT2D eigenvalue weighted by atomic mass is 19.4. The van der Waals surface area contributed by atoms with Gasteiger partial charge in [0.05, 0.1) is 0 Å². The van der Waals surface area contributed by atoms with Crippen molar-refractivity contribution >= 4 is 5.65 Å². The molecule has 1 N–H and O–H groups in total. The van der Waals surface area contributed by atoms with Crippen LogP contribution in [0.1, 0.15) is 35.4 Å². The SMILES string of the molecule is FC(F)(F)c1c(-c2ccc3c(c2)CNC3)ccn2c(CC3CC3)nnc12. The third-order valence-corrected chi connectivity index (χ3v) is 5.25. The first-order valence-corrected chi connectivity index (χ1v) is 8.77. The minimum Gasteiger partial charge on any atom is -0.309 e. The lowest BCUT2D eigenvalue weighted by molar-refractivity contribution is -0.136. The Hall–Kier alpha value is -2.41. The summed E-state index contributed by atoms with van der Waals surface area (Å²) in [7, 11) is 0. The number of aromatic nitrogens is 3. The Balaban J connectivity index is 1.69. The van der Waals surface area contributed by atoms with Gasteiger partial charge in [-0.05, 0) is 53.1 Å². The largest absolute Gasteiger partial charge is 0.420 e. The monoisotopic (exact) mass is 358 g/mol. The molecular weight excluding hydrogens is 341 g/mol. The third kappa shape index (κ3) is 2.58. The van der Waals surface area contributed by atoms with Gasteiger partial charge in [-0.25, -0.2) is 0 Å². The molecule has 7 heteroatoms. The van der Waals surface area contributed by atoms with Crippen molar-refractivity contribution in [3.8, 4) is 11.1 Å². The van der Waals surface area contributed by atoms with E-state index in [0.29, 0.717) is 30.3 Å². The Labute approximate surface area is 148 Å². The van der Waals surface area contributed by atoms with Crippen LogP contribution in [0.4, 0.5) is 13.2 Å². The Bertz CT molecular complexity index is 1000. The molecule has 2 aromatic heterocycles. The summed E-state index contributed by atoms with van der Waals surface area (Å²) in [6, 6.07) is 7.04. The van der Waals surface area contributed by atoms with Crippen LogP contribution in [0.2, 0.25) is 0 Å². The van der Waals surface area contributed by atoms with E-state index in [4.69, 9.17) is 0 Å². The van der Waals surface area contributed by atoms with Gasteiger partial charge in [0.15, 0.2) is 5.65 Å². The molecule has 2 aliphatic rings. The summed E-state index contributed by atoms with van der Waals surface area (Å²) < 4.78 is 43.3. The average molecular weight is 358 g/mol. The molecule has 1 aromatic carbocycles. The van der Waals surface area contributed by atoms with Gasteiger partial charge in [0, 0.05) is 25.7 Å². The first-order chi connectivity index (χ1) is 12.5. The van der Waals surface area contributed by atoms with Gasteiger partial charge in [-0.3, -0.25) is 4.40 Å². The molecular formula is C19H17F3N4. The number of rotatable bonds is 3. The maximum absolute atomic E-state index is 13.9. The zero-order valence-electron chi connectivity index (χ0n) is 14.0. The fourth-order valence-electron chi connectivity index (χ4n) is 3.71. The maximum Gasteiger partial charge on any atom is 0.420 e. The summed E-state index contributed by atoms with van der Waals surface area (Å²) in [6.45, 7) is 1.44. The molecule has 4 nitrogen and oxygen atoms in total. The van der Waals surface area contributed by atoms with E-state index in [9.17, 15) is 13.2 Å². The molecule has 0 spiro atoms. The van der Waals surface area contributed by atoms with E-state index in [0.717, 1.165) is 30.5 Å². The van der Waals surface area contributed by atoms with Gasteiger partial charge >= 0.3 is 6.18 Å². The summed E-state index contributed by atoms with van der Waals surface area (Å²) in [5, 5.41) is 11.2. The molecule has 1 aliphatic heterocycles. The minimum atomic E-state index is -4.50. The second kappa shape index (κ2) is 5.54. The number of hydrogen-bond donors (Lipinski definition) is 1. The molecule has 1 aliphatic carbocycles. The Morgan fingerprint density at radius 3 is 2.65 bits per heavy atom. The van der Waals surface area contributed by atoms with E-state index in [1.807, 2.05) is 12.1 Å². The zero-order valence-corrected chi connectivity index (χ0v) is 14.0. The van der Waals surface area contributed by atoms with Crippen LogP contribution in [0.3, 0.4) is 0 Å². The van der Waals surface area contributed by atoms with Crippen molar-refractivity contribution in [2.24, 2.45) is 5.92 Å². The van der Waals surface area contributed by atoms with Gasteiger partial charge in [-0.15, -0.1) is 10.2 Å². The van der Waals surface area contributed by atoms with Crippen LogP contribution in [-0.4, -0.2) is 14.6 Å². The van der Waals surface area contributed by atoms with E-state index in [-0.39, 0.29) is 11.2 Å². The van der Waals surface area contributed by atoms with Gasteiger partial charge in [-0.2, -0.15) is 13.2 Å². The normalized spacial score (nSPS) is 17.0. The van der Waals surface area contributed by atoms with Crippen molar-refractivity contribution < 1.29 is 13.2 Å². The molecule has 0 radical (unpaired) electrons. The summed E-state index contributed by atoms with van der Waals surface area (Å²) in [4.78, 5) is 0. The molecule has 0 saturated heterocycles. The summed E-state index contributed by atoms with van der Waals surface area (Å²) in [5.74, 6) is 1.14. The van der Waals surface area contributed by atoms with E-state index in [2.05, 4.69) is 15.5 Å². The molecule has 3 aromatic rings. The van der Waals surface area contributed by atoms with E-state index in [1.54, 1.807) is 18.3 Å². The quantitative estimate of drug-likeness (QED) is 0.770. The second-order valence-corrected chi connectivity index (χ2v) is 7.15. The number of nitrogens with zero attached hydrogens (tertiary/aromatic N) is 3. The fraction of sp³-hybridized carbons (Fsp3) is 0.368. The predicted octanol–water partition coefficient (Wildman–Crippen LogP) is 3.97. The highest BCUT2D eigenvalue weighted by Crippen LogP contribution is 2.40. The third-order valence-electron chi connectivity index (χ3n) is 5.25. The van der Waals surface area contributed by atoms with E-state index >= 15 is 0 Å². The zero-order chi connectivity index (χ0) is 17.9. The smallest absolute Gasteiger partial charge is 0.309 e. The fourth-order valence-corrected chi connectivity index (χ4v) is 3.71. The molecule has 5 rings (SSSR count). The first-order valence-electron chi connectivity index (χ1n) is 8.77. The molecule has 1 saturated carbocycles. The van der Waals surface area contributed by atoms with E-state index in [1.165, 1.54) is 4.40 Å². The van der Waals surface area contributed by atoms with Gasteiger partial charge in [0.1, 0.15) is 11.4 Å². The lowest BCUT2D eigenvalue weighted by atomic mass is 9.97. The number of hydrogen-bond acceptors (Lipinski definition) is 3. The highest BCUT2D eigenvalue weighted by Gasteiger charge is 2.38. The number of halogens is 3. The molecule has 0 atom stereocenters. The van der Waals surface area contributed by atoms with Gasteiger partial charge in [-0.1, -0.05) is 12.1 Å². The van der Waals surface area contributed by atoms with Gasteiger partial charge in [0.25, 0.3) is 0 Å². The number of pyridine rings is 1. The van der Waals surface area contributed by atoms with E-state index < -0.39 is 11.7 Å². The highest BCUT2D eigenvalue weighted by molar-refractivity contribution is 5.75. The molecule has 0 unspecified atom stereocenters. The van der Waals surface area contributed by atoms with Crippen LogP contribution in [-0.2, 0) is 25.7 Å². The van der Waals surface area contributed by atoms with Crippen LogP contribution in [0, 0.1) is 5.92 Å². The standard InChI is InChI=1S/C19H17F3N4/c20-19(21,22)17-15(12-3-4-13-9-23-10-14(13)8-12)5-6-26-16(7-11-1-2-11)24-25-18(17)26/h3-6,8,11,23H,1-2,7,9-10H2. The number of nitrogens with one attached hydrogen (secondary N) is 1. The van der Waals surface area contributed by atoms with Crippen LogP contribution in [0.15, 0.2) is 30.5 Å². The van der Waals surface area contributed by atoms with Gasteiger partial charge in [0.2, 0.25) is 0 Å². The second-order valence-electron chi connectivity index (χ2n) is 7.15. The molecule has 1 fully saturated rings. The van der Waals surface area contributed by atoms with Crippen LogP contribution in [0.25, 0.3) is 16.8 Å². The summed E-state index contributed by atoms with van der Waals surface area (Å²) >= 11 is 0. The maximum atomic E-state index is 13.9. The van der Waals surface area contributed by atoms with Crippen molar-refractivity contribution in [2.45, 2.75) is 38.5 Å². The average Bonchev–Trinajstić information content (AvgIpc) is 3.14. The van der Waals surface area contributed by atoms with Crippen LogP contribution >= 0.6 is 0 Å². The van der Waals surface area contributed by atoms with Crippen LogP contribution in [0.5, 0.6) is 0 Å². The van der Waals surface area contributed by atoms with Crippen molar-refractivity contribution in [3.63, 3.8) is 0 Å². The molecule has 3 heterocycles. The lowest BCUT2D eigenvalue weighted by Crippen LogP contribution is -2.11. The minimum absolute atomic E-state index is 0.107. The molecule has 0 amide bonds.